The molecule has 1 heterocycles. The molecule has 33 heavy (non-hydrogen) atoms. The molecule has 3 amide bonds. The maximum absolute atomic E-state index is 13.1. The molecule has 1 aliphatic rings. The lowest BCUT2D eigenvalue weighted by Crippen LogP contribution is -2.72. The highest BCUT2D eigenvalue weighted by molar-refractivity contribution is 9.09. The van der Waals surface area contributed by atoms with Crippen molar-refractivity contribution < 1.29 is 19.1 Å². The fourth-order valence-electron chi connectivity index (χ4n) is 3.41. The molecule has 0 bridgehead atoms. The second kappa shape index (κ2) is 12.9. The molecule has 0 spiro atoms. The number of carbonyl (C=O) groups excluding carboxylic acids is 3. The first-order chi connectivity index (χ1) is 16.0. The van der Waals surface area contributed by atoms with Gasteiger partial charge in [-0.1, -0.05) is 92.5 Å². The molecule has 0 saturated carbocycles. The van der Waals surface area contributed by atoms with Gasteiger partial charge in [-0.25, -0.2) is 0 Å². The molecule has 176 valence electrons. The average molecular weight is 581 g/mol. The Kier molecular flexibility index (Phi) is 9.90. The molecule has 3 atom stereocenters. The van der Waals surface area contributed by atoms with Crippen molar-refractivity contribution in [2.45, 2.75) is 43.7 Å². The number of halogens is 2. The van der Waals surface area contributed by atoms with E-state index < -0.39 is 24.2 Å². The van der Waals surface area contributed by atoms with E-state index in [0.717, 1.165) is 11.1 Å². The third kappa shape index (κ3) is 7.65. The molecule has 0 aromatic heterocycles. The predicted molar refractivity (Wildman–Crippen MR) is 133 cm³/mol. The fourth-order valence-corrected chi connectivity index (χ4v) is 4.79. The van der Waals surface area contributed by atoms with E-state index in [2.05, 4.69) is 47.8 Å². The number of nitrogens with one attached hydrogen (secondary N) is 3. The van der Waals surface area contributed by atoms with Crippen LogP contribution >= 0.6 is 31.9 Å². The molecule has 0 aliphatic carbocycles. The van der Waals surface area contributed by atoms with Gasteiger partial charge in [0.05, 0.1) is 6.10 Å². The Morgan fingerprint density at radius 2 is 1.58 bits per heavy atom. The van der Waals surface area contributed by atoms with Crippen LogP contribution in [0.1, 0.15) is 17.5 Å². The lowest BCUT2D eigenvalue weighted by atomic mass is 10.0. The Hall–Kier alpha value is -2.23. The van der Waals surface area contributed by atoms with Crippen LogP contribution in [0.3, 0.4) is 0 Å². The Balaban J connectivity index is 1.63. The smallest absolute Gasteiger partial charge is 0.249 e. The number of benzene rings is 2. The summed E-state index contributed by atoms with van der Waals surface area (Å²) in [5.41, 5.74) is 1.96. The van der Waals surface area contributed by atoms with E-state index in [1.165, 1.54) is 0 Å². The van der Waals surface area contributed by atoms with Gasteiger partial charge >= 0.3 is 0 Å². The summed E-state index contributed by atoms with van der Waals surface area (Å²) in [6.07, 6.45) is 0.375. The minimum atomic E-state index is -0.812. The van der Waals surface area contributed by atoms with E-state index in [1.54, 1.807) is 0 Å². The monoisotopic (exact) mass is 579 g/mol. The summed E-state index contributed by atoms with van der Waals surface area (Å²) in [4.78, 5) is 37.8. The van der Waals surface area contributed by atoms with Crippen LogP contribution in [0.25, 0.3) is 0 Å². The number of aryl methyl sites for hydroxylation is 1. The van der Waals surface area contributed by atoms with Crippen LogP contribution in [-0.4, -0.2) is 52.8 Å². The van der Waals surface area contributed by atoms with Gasteiger partial charge in [0.25, 0.3) is 0 Å². The molecule has 1 saturated heterocycles. The van der Waals surface area contributed by atoms with Crippen LogP contribution in [-0.2, 0) is 32.0 Å². The van der Waals surface area contributed by atoms with Crippen molar-refractivity contribution in [1.82, 2.24) is 16.0 Å². The molecule has 3 N–H and O–H groups in total. The number of alkyl halides is 2. The molecule has 1 fully saturated rings. The van der Waals surface area contributed by atoms with Crippen molar-refractivity contribution in [3.8, 4) is 0 Å². The van der Waals surface area contributed by atoms with Crippen molar-refractivity contribution in [3.05, 3.63) is 71.8 Å². The number of β-lactam (4-membered cyclic amide) rings is 1. The second-order valence-corrected chi connectivity index (χ2v) is 9.07. The minimum Gasteiger partial charge on any atom is -0.351 e. The highest BCUT2D eigenvalue weighted by Gasteiger charge is 2.43. The molecule has 3 rings (SSSR count). The van der Waals surface area contributed by atoms with E-state index in [1.807, 2.05) is 60.7 Å². The number of amides is 3. The summed E-state index contributed by atoms with van der Waals surface area (Å²) in [6.45, 7) is 0. The van der Waals surface area contributed by atoms with Crippen LogP contribution in [0.2, 0.25) is 0 Å². The zero-order valence-electron chi connectivity index (χ0n) is 18.0. The fraction of sp³-hybridized carbons (Fsp3) is 0.375. The van der Waals surface area contributed by atoms with Crippen molar-refractivity contribution in [1.29, 1.82) is 0 Å². The first kappa shape index (κ1) is 25.4. The SMILES string of the molecule is O=C(CCc1ccccc1)N[C@@H](Cc1ccccc1)C(=O)N[C@H]1C(=O)N[C@@H]1OC(CBr)CBr. The maximum atomic E-state index is 13.1. The van der Waals surface area contributed by atoms with Crippen molar-refractivity contribution in [2.75, 3.05) is 10.7 Å². The van der Waals surface area contributed by atoms with Gasteiger partial charge in [-0.2, -0.15) is 0 Å². The van der Waals surface area contributed by atoms with Gasteiger partial charge in [0.1, 0.15) is 6.04 Å². The number of hydrogen-bond acceptors (Lipinski definition) is 4. The van der Waals surface area contributed by atoms with Crippen molar-refractivity contribution in [2.24, 2.45) is 0 Å². The molecular formula is C24H27Br2N3O4. The highest BCUT2D eigenvalue weighted by Crippen LogP contribution is 2.14. The lowest BCUT2D eigenvalue weighted by molar-refractivity contribution is -0.154. The number of rotatable bonds is 12. The summed E-state index contributed by atoms with van der Waals surface area (Å²) in [5.74, 6) is -0.959. The maximum Gasteiger partial charge on any atom is 0.249 e. The van der Waals surface area contributed by atoms with E-state index >= 15 is 0 Å². The van der Waals surface area contributed by atoms with Gasteiger partial charge in [0.15, 0.2) is 12.3 Å². The Labute approximate surface area is 210 Å². The highest BCUT2D eigenvalue weighted by atomic mass is 79.9. The molecule has 0 radical (unpaired) electrons. The third-order valence-corrected chi connectivity index (χ3v) is 6.71. The minimum absolute atomic E-state index is 0.159. The van der Waals surface area contributed by atoms with Gasteiger partial charge in [-0.15, -0.1) is 0 Å². The molecule has 9 heteroatoms. The van der Waals surface area contributed by atoms with Crippen molar-refractivity contribution >= 4 is 49.6 Å². The van der Waals surface area contributed by atoms with Gasteiger partial charge < -0.3 is 20.7 Å². The Morgan fingerprint density at radius 3 is 2.15 bits per heavy atom. The molecule has 7 nitrogen and oxygen atoms in total. The molecule has 2 aromatic rings. The van der Waals surface area contributed by atoms with Crippen LogP contribution in [0, 0.1) is 0 Å². The van der Waals surface area contributed by atoms with E-state index in [-0.39, 0.29) is 24.3 Å². The zero-order chi connectivity index (χ0) is 23.6. The lowest BCUT2D eigenvalue weighted by Gasteiger charge is -2.38. The third-order valence-electron chi connectivity index (χ3n) is 5.27. The van der Waals surface area contributed by atoms with Crippen LogP contribution in [0.4, 0.5) is 0 Å². The van der Waals surface area contributed by atoms with E-state index in [0.29, 0.717) is 23.5 Å². The van der Waals surface area contributed by atoms with Gasteiger partial charge in [-0.05, 0) is 17.5 Å². The van der Waals surface area contributed by atoms with Crippen LogP contribution in [0.15, 0.2) is 60.7 Å². The number of ether oxygens (including phenoxy) is 1. The Morgan fingerprint density at radius 1 is 0.970 bits per heavy atom. The molecule has 2 aromatic carbocycles. The van der Waals surface area contributed by atoms with E-state index in [4.69, 9.17) is 4.74 Å². The summed E-state index contributed by atoms with van der Waals surface area (Å²) >= 11 is 6.72. The quantitative estimate of drug-likeness (QED) is 0.265. The summed E-state index contributed by atoms with van der Waals surface area (Å²) in [5, 5.41) is 9.42. The van der Waals surface area contributed by atoms with Gasteiger partial charge in [-0.3, -0.25) is 14.4 Å². The van der Waals surface area contributed by atoms with Gasteiger partial charge in [0.2, 0.25) is 17.7 Å². The normalized spacial score (nSPS) is 18.2. The molecule has 1 aliphatic heterocycles. The predicted octanol–water partition coefficient (Wildman–Crippen LogP) is 2.46. The number of hydrogen-bond donors (Lipinski definition) is 3. The first-order valence-corrected chi connectivity index (χ1v) is 13.0. The van der Waals surface area contributed by atoms with Gasteiger partial charge in [0, 0.05) is 23.5 Å². The summed E-state index contributed by atoms with van der Waals surface area (Å²) in [6, 6.07) is 17.5. The average Bonchev–Trinajstić information content (AvgIpc) is 2.84. The molecular weight excluding hydrogens is 554 g/mol. The second-order valence-electron chi connectivity index (χ2n) is 7.78. The number of carbonyl (C=O) groups is 3. The largest absolute Gasteiger partial charge is 0.351 e. The van der Waals surface area contributed by atoms with Crippen LogP contribution < -0.4 is 16.0 Å². The summed E-state index contributed by atoms with van der Waals surface area (Å²) in [7, 11) is 0. The topological polar surface area (TPSA) is 96.5 Å². The zero-order valence-corrected chi connectivity index (χ0v) is 21.2. The first-order valence-electron chi connectivity index (χ1n) is 10.8. The molecule has 0 unspecified atom stereocenters. The van der Waals surface area contributed by atoms with Crippen molar-refractivity contribution in [3.63, 3.8) is 0 Å². The summed E-state index contributed by atoms with van der Waals surface area (Å²) < 4.78 is 5.81. The van der Waals surface area contributed by atoms with Crippen LogP contribution in [0.5, 0.6) is 0 Å². The van der Waals surface area contributed by atoms with E-state index in [9.17, 15) is 14.4 Å². The standard InChI is InChI=1S/C24H27Br2N3O4/c25-14-18(15-26)33-24-21(23(32)29-24)28-22(31)19(13-17-9-5-2-6-10-17)27-20(30)12-11-16-7-3-1-4-8-16/h1-10,18-19,21,24H,11-15H2,(H,27,30)(H,28,31)(H,29,32)/t19-,21-,24+/m0/s1. The Bertz CT molecular complexity index is 926.